The van der Waals surface area contributed by atoms with E-state index in [1.807, 2.05) is 18.2 Å². The van der Waals surface area contributed by atoms with Crippen molar-refractivity contribution in [3.05, 3.63) is 48.5 Å². The van der Waals surface area contributed by atoms with Crippen molar-refractivity contribution >= 4 is 16.8 Å². The van der Waals surface area contributed by atoms with Gasteiger partial charge in [-0.05, 0) is 36.8 Å². The molecule has 1 heterocycles. The first-order chi connectivity index (χ1) is 7.22. The second kappa shape index (κ2) is 3.69. The summed E-state index contributed by atoms with van der Waals surface area (Å²) in [6.45, 7) is 3.90. The lowest BCUT2D eigenvalue weighted by atomic mass is 10.1. The number of rotatable bonds is 1. The summed E-state index contributed by atoms with van der Waals surface area (Å²) < 4.78 is 0. The van der Waals surface area contributed by atoms with Crippen LogP contribution in [0.5, 0.6) is 0 Å². The lowest BCUT2D eigenvalue weighted by Gasteiger charge is -2.03. The van der Waals surface area contributed by atoms with Gasteiger partial charge in [0.2, 0.25) is 0 Å². The summed E-state index contributed by atoms with van der Waals surface area (Å²) in [7, 11) is 1.61. The van der Waals surface area contributed by atoms with Gasteiger partial charge in [-0.15, -0.1) is 0 Å². The third-order valence-corrected chi connectivity index (χ3v) is 2.32. The molecule has 1 amide bonds. The van der Waals surface area contributed by atoms with E-state index in [0.29, 0.717) is 5.56 Å². The van der Waals surface area contributed by atoms with E-state index in [9.17, 15) is 4.79 Å². The highest BCUT2D eigenvalue weighted by atomic mass is 16.1. The van der Waals surface area contributed by atoms with Gasteiger partial charge in [-0.3, -0.25) is 9.78 Å². The molecule has 0 aliphatic heterocycles. The van der Waals surface area contributed by atoms with Crippen molar-refractivity contribution < 1.29 is 4.79 Å². The summed E-state index contributed by atoms with van der Waals surface area (Å²) in [4.78, 5) is 15.6. The van der Waals surface area contributed by atoms with Crippen LogP contribution in [0.25, 0.3) is 10.9 Å². The average Bonchev–Trinajstić information content (AvgIpc) is 2.28. The van der Waals surface area contributed by atoms with Gasteiger partial charge in [-0.2, -0.15) is 0 Å². The maximum absolute atomic E-state index is 11.4. The molecule has 75 valence electrons. The minimum Gasteiger partial charge on any atom is -0.355 e. The number of hydrogen-bond donors (Lipinski definition) is 1. The van der Waals surface area contributed by atoms with Crippen molar-refractivity contribution in [2.45, 2.75) is 0 Å². The van der Waals surface area contributed by atoms with Gasteiger partial charge >= 0.3 is 0 Å². The minimum atomic E-state index is -0.0971. The van der Waals surface area contributed by atoms with Crippen LogP contribution in [0.1, 0.15) is 15.9 Å². The highest BCUT2D eigenvalue weighted by Gasteiger charge is 2.05. The molecule has 2 aromatic rings. The summed E-state index contributed by atoms with van der Waals surface area (Å²) in [5, 5.41) is 3.50. The van der Waals surface area contributed by atoms with Crippen molar-refractivity contribution in [2.24, 2.45) is 0 Å². The molecular formula is C12H11N2O. The fourth-order valence-electron chi connectivity index (χ4n) is 1.49. The van der Waals surface area contributed by atoms with Crippen LogP contribution >= 0.6 is 0 Å². The predicted molar refractivity (Wildman–Crippen MR) is 59.6 cm³/mol. The standard InChI is InChI=1S/C12H11N2O/c1-8-5-6-14-11-4-3-9(7-10(8)11)12(15)13-2/h3-7H,1H2,2H3,(H,13,15). The molecule has 2 rings (SSSR count). The maximum Gasteiger partial charge on any atom is 0.251 e. The van der Waals surface area contributed by atoms with Crippen molar-refractivity contribution in [1.82, 2.24) is 10.3 Å². The molecule has 0 saturated carbocycles. The van der Waals surface area contributed by atoms with Gasteiger partial charge in [0.25, 0.3) is 5.91 Å². The van der Waals surface area contributed by atoms with E-state index < -0.39 is 0 Å². The van der Waals surface area contributed by atoms with Gasteiger partial charge in [0.05, 0.1) is 5.52 Å². The first kappa shape index (κ1) is 9.65. The van der Waals surface area contributed by atoms with E-state index in [4.69, 9.17) is 0 Å². The zero-order chi connectivity index (χ0) is 10.8. The lowest BCUT2D eigenvalue weighted by Crippen LogP contribution is -2.17. The molecule has 1 aromatic carbocycles. The monoisotopic (exact) mass is 199 g/mol. The number of benzene rings is 1. The second-order valence-corrected chi connectivity index (χ2v) is 3.28. The minimum absolute atomic E-state index is 0.0971. The number of pyridine rings is 1. The van der Waals surface area contributed by atoms with Gasteiger partial charge in [0.15, 0.2) is 0 Å². The Morgan fingerprint density at radius 1 is 1.40 bits per heavy atom. The molecule has 3 heteroatoms. The molecule has 0 aliphatic rings. The summed E-state index contributed by atoms with van der Waals surface area (Å²) >= 11 is 0. The van der Waals surface area contributed by atoms with E-state index in [2.05, 4.69) is 17.2 Å². The van der Waals surface area contributed by atoms with Crippen LogP contribution in [0, 0.1) is 6.92 Å². The van der Waals surface area contributed by atoms with Gasteiger partial charge in [0.1, 0.15) is 0 Å². The highest BCUT2D eigenvalue weighted by molar-refractivity contribution is 5.98. The van der Waals surface area contributed by atoms with E-state index in [0.717, 1.165) is 16.5 Å². The number of aromatic nitrogens is 1. The van der Waals surface area contributed by atoms with Crippen LogP contribution in [-0.4, -0.2) is 17.9 Å². The number of amides is 1. The first-order valence-corrected chi connectivity index (χ1v) is 4.65. The molecule has 3 nitrogen and oxygen atoms in total. The van der Waals surface area contributed by atoms with Gasteiger partial charge < -0.3 is 5.32 Å². The Bertz CT molecular complexity index is 520. The molecule has 0 aliphatic carbocycles. The number of carbonyl (C=O) groups is 1. The SMILES string of the molecule is [CH2]c1ccnc2ccc(C(=O)NC)cc12. The molecule has 1 radical (unpaired) electrons. The largest absolute Gasteiger partial charge is 0.355 e. The predicted octanol–water partition coefficient (Wildman–Crippen LogP) is 1.78. The molecule has 1 aromatic heterocycles. The molecule has 0 fully saturated rings. The summed E-state index contributed by atoms with van der Waals surface area (Å²) in [5.41, 5.74) is 2.36. The van der Waals surface area contributed by atoms with Crippen LogP contribution in [0.15, 0.2) is 30.5 Å². The van der Waals surface area contributed by atoms with Gasteiger partial charge in [-0.25, -0.2) is 0 Å². The molecule has 0 atom stereocenters. The Morgan fingerprint density at radius 3 is 2.93 bits per heavy atom. The Balaban J connectivity index is 2.64. The molecule has 0 bridgehead atoms. The summed E-state index contributed by atoms with van der Waals surface area (Å²) in [6.07, 6.45) is 1.71. The Hall–Kier alpha value is -1.90. The lowest BCUT2D eigenvalue weighted by molar-refractivity contribution is 0.0963. The summed E-state index contributed by atoms with van der Waals surface area (Å²) in [5.74, 6) is -0.0971. The average molecular weight is 199 g/mol. The Labute approximate surface area is 88.1 Å². The van der Waals surface area contributed by atoms with E-state index in [-0.39, 0.29) is 5.91 Å². The highest BCUT2D eigenvalue weighted by Crippen LogP contribution is 2.17. The van der Waals surface area contributed by atoms with Crippen LogP contribution in [0.2, 0.25) is 0 Å². The second-order valence-electron chi connectivity index (χ2n) is 3.28. The van der Waals surface area contributed by atoms with Crippen molar-refractivity contribution in [2.75, 3.05) is 7.05 Å². The Morgan fingerprint density at radius 2 is 2.20 bits per heavy atom. The molecule has 1 N–H and O–H groups in total. The van der Waals surface area contributed by atoms with E-state index in [1.165, 1.54) is 0 Å². The van der Waals surface area contributed by atoms with Crippen LogP contribution in [0.4, 0.5) is 0 Å². The van der Waals surface area contributed by atoms with Crippen molar-refractivity contribution in [3.63, 3.8) is 0 Å². The maximum atomic E-state index is 11.4. The fourth-order valence-corrected chi connectivity index (χ4v) is 1.49. The normalized spacial score (nSPS) is 10.3. The van der Waals surface area contributed by atoms with Crippen molar-refractivity contribution in [1.29, 1.82) is 0 Å². The molecule has 0 spiro atoms. The Kier molecular flexibility index (Phi) is 2.37. The van der Waals surface area contributed by atoms with Crippen LogP contribution in [0.3, 0.4) is 0 Å². The first-order valence-electron chi connectivity index (χ1n) is 4.65. The van der Waals surface area contributed by atoms with Crippen LogP contribution in [-0.2, 0) is 0 Å². The molecule has 0 saturated heterocycles. The number of nitrogens with zero attached hydrogens (tertiary/aromatic N) is 1. The molecule has 15 heavy (non-hydrogen) atoms. The van der Waals surface area contributed by atoms with Gasteiger partial charge in [-0.1, -0.05) is 0 Å². The van der Waals surface area contributed by atoms with Crippen molar-refractivity contribution in [3.8, 4) is 0 Å². The number of carbonyl (C=O) groups excluding carboxylic acids is 1. The topological polar surface area (TPSA) is 42.0 Å². The zero-order valence-electron chi connectivity index (χ0n) is 8.45. The number of nitrogens with one attached hydrogen (secondary N) is 1. The van der Waals surface area contributed by atoms with Gasteiger partial charge in [0, 0.05) is 24.2 Å². The quantitative estimate of drug-likeness (QED) is 0.760. The fraction of sp³-hybridized carbons (Fsp3) is 0.0833. The molecule has 0 unspecified atom stereocenters. The van der Waals surface area contributed by atoms with E-state index >= 15 is 0 Å². The number of hydrogen-bond acceptors (Lipinski definition) is 2. The van der Waals surface area contributed by atoms with E-state index in [1.54, 1.807) is 19.3 Å². The van der Waals surface area contributed by atoms with Crippen LogP contribution < -0.4 is 5.32 Å². The molecular weight excluding hydrogens is 188 g/mol. The third kappa shape index (κ3) is 1.68. The smallest absolute Gasteiger partial charge is 0.251 e. The zero-order valence-corrected chi connectivity index (χ0v) is 8.45. The third-order valence-electron chi connectivity index (χ3n) is 2.32. The number of fused-ring (bicyclic) bond motifs is 1. The summed E-state index contributed by atoms with van der Waals surface area (Å²) in [6, 6.07) is 7.22.